The lowest BCUT2D eigenvalue weighted by Crippen LogP contribution is -2.11. The van der Waals surface area contributed by atoms with Crippen LogP contribution in [-0.2, 0) is 25.5 Å². The van der Waals surface area contributed by atoms with E-state index in [4.69, 9.17) is 14.2 Å². The zero-order chi connectivity index (χ0) is 29.8. The molecule has 4 rings (SSSR count). The maximum atomic E-state index is 12.4. The van der Waals surface area contributed by atoms with Crippen molar-refractivity contribution >= 4 is 17.9 Å². The molecule has 210 valence electrons. The van der Waals surface area contributed by atoms with Gasteiger partial charge in [0.15, 0.2) is 0 Å². The lowest BCUT2D eigenvalue weighted by Gasteiger charge is -2.16. The quantitative estimate of drug-likeness (QED) is 0.157. The number of carbonyl (C=O) groups excluding carboxylic acids is 3. The number of carbonyl (C=O) groups is 3. The molecule has 0 amide bonds. The van der Waals surface area contributed by atoms with Crippen LogP contribution >= 0.6 is 0 Å². The third-order valence-corrected chi connectivity index (χ3v) is 7.03. The molecule has 6 heteroatoms. The van der Waals surface area contributed by atoms with Gasteiger partial charge in [0.1, 0.15) is 11.5 Å². The minimum atomic E-state index is -0.578. The Balaban J connectivity index is 1.65. The van der Waals surface area contributed by atoms with E-state index in [2.05, 4.69) is 44.0 Å². The summed E-state index contributed by atoms with van der Waals surface area (Å²) in [7, 11) is 0. The summed E-state index contributed by atoms with van der Waals surface area (Å²) in [4.78, 5) is 36.4. The largest absolute Gasteiger partial charge is 0.462 e. The molecule has 1 atom stereocenters. The topological polar surface area (TPSA) is 78.9 Å². The smallest absolute Gasteiger partial charge is 0.338 e. The molecule has 0 N–H and O–H groups in total. The van der Waals surface area contributed by atoms with Crippen LogP contribution in [0.15, 0.2) is 91.1 Å². The van der Waals surface area contributed by atoms with Crippen molar-refractivity contribution in [1.82, 2.24) is 0 Å². The van der Waals surface area contributed by atoms with E-state index in [0.29, 0.717) is 17.7 Å². The van der Waals surface area contributed by atoms with Crippen LogP contribution in [0.3, 0.4) is 0 Å². The molecule has 3 aromatic rings. The van der Waals surface area contributed by atoms with E-state index < -0.39 is 11.9 Å². The number of aryl methyl sites for hydroxylation is 2. The highest BCUT2D eigenvalue weighted by atomic mass is 16.5. The Morgan fingerprint density at radius 2 is 1.37 bits per heavy atom. The van der Waals surface area contributed by atoms with Gasteiger partial charge in [0.2, 0.25) is 0 Å². The lowest BCUT2D eigenvalue weighted by atomic mass is 9.92. The summed E-state index contributed by atoms with van der Waals surface area (Å²) >= 11 is 0. The van der Waals surface area contributed by atoms with Crippen molar-refractivity contribution in [3.8, 4) is 33.8 Å². The number of ether oxygens (including phenoxy) is 3. The Morgan fingerprint density at radius 3 is 2.02 bits per heavy atom. The van der Waals surface area contributed by atoms with Crippen LogP contribution in [0.4, 0.5) is 0 Å². The van der Waals surface area contributed by atoms with E-state index in [1.54, 1.807) is 32.9 Å². The van der Waals surface area contributed by atoms with E-state index in [1.165, 1.54) is 17.2 Å². The van der Waals surface area contributed by atoms with E-state index in [9.17, 15) is 14.4 Å². The van der Waals surface area contributed by atoms with Crippen LogP contribution in [0.25, 0.3) is 22.3 Å². The van der Waals surface area contributed by atoms with E-state index in [1.807, 2.05) is 19.1 Å². The molecule has 41 heavy (non-hydrogen) atoms. The molecule has 3 aromatic carbocycles. The number of benzene rings is 3. The molecule has 1 aliphatic carbocycles. The molecular formula is C35H34O6. The van der Waals surface area contributed by atoms with Crippen LogP contribution < -0.4 is 9.47 Å². The molecule has 0 bridgehead atoms. The molecule has 0 heterocycles. The van der Waals surface area contributed by atoms with Crippen molar-refractivity contribution in [2.24, 2.45) is 0 Å². The second-order valence-electron chi connectivity index (χ2n) is 10.6. The lowest BCUT2D eigenvalue weighted by molar-refractivity contribution is -0.139. The first-order valence-corrected chi connectivity index (χ1v) is 13.4. The summed E-state index contributed by atoms with van der Waals surface area (Å²) < 4.78 is 16.5. The second-order valence-corrected chi connectivity index (χ2v) is 10.6. The fourth-order valence-corrected chi connectivity index (χ4v) is 4.74. The Bertz CT molecular complexity index is 1590. The third kappa shape index (κ3) is 6.72. The van der Waals surface area contributed by atoms with Crippen molar-refractivity contribution in [1.29, 1.82) is 0 Å². The van der Waals surface area contributed by atoms with Gasteiger partial charge >= 0.3 is 17.9 Å². The standard InChI is InChI=1S/C35H34O6/c1-20(2)33(36)39-19-27-11-9-24-8-10-26(17-31(24)27)25-12-14-29(23(7)16-25)30-15-13-28(40-34(37)21(3)4)18-32(30)41-35(38)22(5)6/h8,10,12-18,27H,1,3,5,9,11,19H2,2,4,6-7H3. The first-order valence-electron chi connectivity index (χ1n) is 13.4. The van der Waals surface area contributed by atoms with E-state index in [-0.39, 0.29) is 34.5 Å². The fraction of sp³-hybridized carbons (Fsp3) is 0.229. The summed E-state index contributed by atoms with van der Waals surface area (Å²) in [5, 5.41) is 0. The van der Waals surface area contributed by atoms with Crippen LogP contribution in [0.1, 0.15) is 49.8 Å². The molecule has 1 unspecified atom stereocenters. The summed E-state index contributed by atoms with van der Waals surface area (Å²) in [6, 6.07) is 17.5. The number of rotatable bonds is 9. The van der Waals surface area contributed by atoms with Crippen LogP contribution in [0, 0.1) is 6.92 Å². The monoisotopic (exact) mass is 550 g/mol. The van der Waals surface area contributed by atoms with Gasteiger partial charge in [0.25, 0.3) is 0 Å². The fourth-order valence-electron chi connectivity index (χ4n) is 4.74. The van der Waals surface area contributed by atoms with Crippen molar-refractivity contribution in [2.75, 3.05) is 6.61 Å². The number of esters is 3. The highest BCUT2D eigenvalue weighted by Crippen LogP contribution is 2.39. The van der Waals surface area contributed by atoms with Crippen molar-refractivity contribution in [2.45, 2.75) is 46.5 Å². The number of fused-ring (bicyclic) bond motifs is 1. The molecule has 6 nitrogen and oxygen atoms in total. The molecule has 0 aromatic heterocycles. The molecule has 1 aliphatic rings. The highest BCUT2D eigenvalue weighted by Gasteiger charge is 2.25. The molecule has 0 saturated carbocycles. The van der Waals surface area contributed by atoms with Gasteiger partial charge in [-0.3, -0.25) is 0 Å². The van der Waals surface area contributed by atoms with Gasteiger partial charge in [-0.1, -0.05) is 56.1 Å². The summed E-state index contributed by atoms with van der Waals surface area (Å²) in [6.07, 6.45) is 1.88. The minimum Gasteiger partial charge on any atom is -0.462 e. The van der Waals surface area contributed by atoms with Crippen molar-refractivity contribution < 1.29 is 28.6 Å². The van der Waals surface area contributed by atoms with Crippen LogP contribution in [0.2, 0.25) is 0 Å². The Labute approximate surface area is 241 Å². The Morgan fingerprint density at radius 1 is 0.756 bits per heavy atom. The van der Waals surface area contributed by atoms with Gasteiger partial charge in [-0.05, 0) is 86.1 Å². The molecule has 0 spiro atoms. The predicted molar refractivity (Wildman–Crippen MR) is 160 cm³/mol. The summed E-state index contributed by atoms with van der Waals surface area (Å²) in [5.41, 5.74) is 7.97. The average molecular weight is 551 g/mol. The Hall–Kier alpha value is -4.71. The number of hydrogen-bond acceptors (Lipinski definition) is 6. The maximum Gasteiger partial charge on any atom is 0.338 e. The normalized spacial score (nSPS) is 13.6. The highest BCUT2D eigenvalue weighted by molar-refractivity contribution is 5.91. The molecule has 0 fully saturated rings. The van der Waals surface area contributed by atoms with Gasteiger partial charge in [-0.15, -0.1) is 0 Å². The van der Waals surface area contributed by atoms with Gasteiger partial charge in [0, 0.05) is 34.3 Å². The molecule has 0 aliphatic heterocycles. The van der Waals surface area contributed by atoms with Crippen LogP contribution in [-0.4, -0.2) is 24.5 Å². The van der Waals surface area contributed by atoms with Gasteiger partial charge < -0.3 is 14.2 Å². The summed E-state index contributed by atoms with van der Waals surface area (Å²) in [6.45, 7) is 18.0. The SMILES string of the molecule is C=C(C)C(=O)OCC1CCc2ccc(-c3ccc(-c4ccc(OC(=O)C(=C)C)cc4OC(=O)C(=C)C)c(C)c3)cc21. The van der Waals surface area contributed by atoms with Crippen molar-refractivity contribution in [3.63, 3.8) is 0 Å². The first-order chi connectivity index (χ1) is 19.4. The van der Waals surface area contributed by atoms with E-state index in [0.717, 1.165) is 35.1 Å². The van der Waals surface area contributed by atoms with Gasteiger partial charge in [-0.2, -0.15) is 0 Å². The Kier molecular flexibility index (Phi) is 8.72. The second kappa shape index (κ2) is 12.2. The van der Waals surface area contributed by atoms with E-state index >= 15 is 0 Å². The maximum absolute atomic E-state index is 12.4. The zero-order valence-corrected chi connectivity index (χ0v) is 24.0. The minimum absolute atomic E-state index is 0.150. The first kappa shape index (κ1) is 29.3. The van der Waals surface area contributed by atoms with Gasteiger partial charge in [0.05, 0.1) is 6.61 Å². The van der Waals surface area contributed by atoms with Crippen molar-refractivity contribution in [3.05, 3.63) is 108 Å². The average Bonchev–Trinajstić information content (AvgIpc) is 3.34. The van der Waals surface area contributed by atoms with Crippen LogP contribution in [0.5, 0.6) is 11.5 Å². The molecular weight excluding hydrogens is 516 g/mol. The molecule has 0 radical (unpaired) electrons. The van der Waals surface area contributed by atoms with Gasteiger partial charge in [-0.25, -0.2) is 14.4 Å². The third-order valence-electron chi connectivity index (χ3n) is 7.03. The zero-order valence-electron chi connectivity index (χ0n) is 24.0. The predicted octanol–water partition coefficient (Wildman–Crippen LogP) is 7.44. The number of hydrogen-bond donors (Lipinski definition) is 0. The molecule has 0 saturated heterocycles. The summed E-state index contributed by atoms with van der Waals surface area (Å²) in [5.74, 6) is -0.868.